The molecule has 0 unspecified atom stereocenters. The molecule has 1 amide bonds. The van der Waals surface area contributed by atoms with Crippen LogP contribution in [0.15, 0.2) is 34.9 Å². The number of hydrogen-bond donors (Lipinski definition) is 1. The van der Waals surface area contributed by atoms with Crippen LogP contribution >= 0.6 is 11.6 Å². The van der Waals surface area contributed by atoms with E-state index in [4.69, 9.17) is 16.0 Å². The molecular weight excluding hydrogens is 279 g/mol. The topological polar surface area (TPSA) is 85.4 Å². The quantitative estimate of drug-likeness (QED) is 0.692. The van der Waals surface area contributed by atoms with Gasteiger partial charge in [0.25, 0.3) is 11.6 Å². The number of nitro groups is 1. The Hall–Kier alpha value is -2.41. The largest absolute Gasteiger partial charge is 0.452 e. The summed E-state index contributed by atoms with van der Waals surface area (Å²) in [4.78, 5) is 21.5. The van der Waals surface area contributed by atoms with Gasteiger partial charge < -0.3 is 9.73 Å². The first-order valence-corrected chi connectivity index (χ1v) is 5.34. The normalized spacial score (nSPS) is 10.2. The van der Waals surface area contributed by atoms with Crippen molar-refractivity contribution in [1.29, 1.82) is 0 Å². The Morgan fingerprint density at radius 3 is 2.74 bits per heavy atom. The standard InChI is InChI=1S/C11H6ClFN2O4/c12-10-9(1-2-19-10)11(16)14-7-3-6(13)4-8(5-7)15(17)18/h1-5H,(H,14,16). The monoisotopic (exact) mass is 284 g/mol. The fourth-order valence-electron chi connectivity index (χ4n) is 1.41. The maximum atomic E-state index is 13.2. The number of nitrogens with one attached hydrogen (secondary N) is 1. The number of non-ortho nitro benzene ring substituents is 1. The van der Waals surface area contributed by atoms with Crippen LogP contribution in [-0.4, -0.2) is 10.8 Å². The Balaban J connectivity index is 2.26. The van der Waals surface area contributed by atoms with Gasteiger partial charge in [-0.15, -0.1) is 0 Å². The summed E-state index contributed by atoms with van der Waals surface area (Å²) < 4.78 is 17.9. The molecule has 0 spiro atoms. The number of hydrogen-bond acceptors (Lipinski definition) is 4. The molecule has 8 heteroatoms. The predicted molar refractivity (Wildman–Crippen MR) is 64.7 cm³/mol. The number of anilines is 1. The van der Waals surface area contributed by atoms with Crippen molar-refractivity contribution >= 4 is 28.9 Å². The molecule has 1 aromatic heterocycles. The maximum Gasteiger partial charge on any atom is 0.274 e. The summed E-state index contributed by atoms with van der Waals surface area (Å²) in [5, 5.41) is 12.7. The lowest BCUT2D eigenvalue weighted by Crippen LogP contribution is -2.11. The van der Waals surface area contributed by atoms with E-state index >= 15 is 0 Å². The molecule has 1 N–H and O–H groups in total. The third-order valence-corrected chi connectivity index (χ3v) is 2.51. The molecule has 0 fully saturated rings. The fraction of sp³-hybridized carbons (Fsp3) is 0. The molecule has 1 aromatic carbocycles. The lowest BCUT2D eigenvalue weighted by Gasteiger charge is -2.04. The average Bonchev–Trinajstić information content (AvgIpc) is 2.74. The van der Waals surface area contributed by atoms with Gasteiger partial charge in [0.2, 0.25) is 5.22 Å². The highest BCUT2D eigenvalue weighted by atomic mass is 35.5. The minimum atomic E-state index is -0.831. The maximum absolute atomic E-state index is 13.2. The van der Waals surface area contributed by atoms with Crippen molar-refractivity contribution in [2.24, 2.45) is 0 Å². The van der Waals surface area contributed by atoms with Gasteiger partial charge in [0, 0.05) is 6.07 Å². The van der Waals surface area contributed by atoms with Crippen LogP contribution in [0.4, 0.5) is 15.8 Å². The van der Waals surface area contributed by atoms with Crippen molar-refractivity contribution in [3.63, 3.8) is 0 Å². The highest BCUT2D eigenvalue weighted by Gasteiger charge is 2.15. The summed E-state index contributed by atoms with van der Waals surface area (Å²) in [5.41, 5.74) is -0.462. The van der Waals surface area contributed by atoms with Crippen molar-refractivity contribution < 1.29 is 18.5 Å². The Labute approximate surface area is 110 Å². The number of amides is 1. The predicted octanol–water partition coefficient (Wildman–Crippen LogP) is 3.23. The van der Waals surface area contributed by atoms with E-state index in [1.165, 1.54) is 12.3 Å². The Bertz CT molecular complexity index is 656. The highest BCUT2D eigenvalue weighted by molar-refractivity contribution is 6.32. The van der Waals surface area contributed by atoms with Gasteiger partial charge in [-0.2, -0.15) is 0 Å². The number of rotatable bonds is 3. The zero-order valence-corrected chi connectivity index (χ0v) is 9.98. The molecule has 0 aliphatic heterocycles. The van der Waals surface area contributed by atoms with E-state index < -0.39 is 22.3 Å². The van der Waals surface area contributed by atoms with E-state index in [1.807, 2.05) is 0 Å². The summed E-state index contributed by atoms with van der Waals surface area (Å²) in [6, 6.07) is 4.07. The smallest absolute Gasteiger partial charge is 0.274 e. The van der Waals surface area contributed by atoms with Crippen LogP contribution in [-0.2, 0) is 0 Å². The number of carbonyl (C=O) groups is 1. The Kier molecular flexibility index (Phi) is 3.48. The van der Waals surface area contributed by atoms with E-state index in [9.17, 15) is 19.3 Å². The third-order valence-electron chi connectivity index (χ3n) is 2.21. The molecule has 0 aliphatic carbocycles. The molecule has 0 bridgehead atoms. The molecule has 98 valence electrons. The number of nitrogens with zero attached hydrogens (tertiary/aromatic N) is 1. The zero-order valence-electron chi connectivity index (χ0n) is 9.22. The molecule has 19 heavy (non-hydrogen) atoms. The van der Waals surface area contributed by atoms with Crippen LogP contribution in [0, 0.1) is 15.9 Å². The number of benzene rings is 1. The first-order chi connectivity index (χ1) is 8.97. The SMILES string of the molecule is O=C(Nc1cc(F)cc([N+](=O)[O-])c1)c1ccoc1Cl. The van der Waals surface area contributed by atoms with Crippen LogP contribution in [0.2, 0.25) is 5.22 Å². The fourth-order valence-corrected chi connectivity index (χ4v) is 1.61. The van der Waals surface area contributed by atoms with Gasteiger partial charge in [-0.3, -0.25) is 14.9 Å². The van der Waals surface area contributed by atoms with Gasteiger partial charge in [0.15, 0.2) is 0 Å². The summed E-state index contributed by atoms with van der Waals surface area (Å²) >= 11 is 5.60. The van der Waals surface area contributed by atoms with Gasteiger partial charge in [-0.05, 0) is 23.7 Å². The highest BCUT2D eigenvalue weighted by Crippen LogP contribution is 2.22. The van der Waals surface area contributed by atoms with Gasteiger partial charge in [-0.1, -0.05) is 0 Å². The zero-order chi connectivity index (χ0) is 14.0. The molecule has 0 aliphatic rings. The number of halogens is 2. The molecular formula is C11H6ClFN2O4. The molecule has 1 heterocycles. The van der Waals surface area contributed by atoms with Crippen molar-refractivity contribution in [1.82, 2.24) is 0 Å². The van der Waals surface area contributed by atoms with E-state index in [0.29, 0.717) is 0 Å². The molecule has 2 rings (SSSR count). The van der Waals surface area contributed by atoms with Crippen molar-refractivity contribution in [3.05, 3.63) is 57.2 Å². The number of carbonyl (C=O) groups excluding carboxylic acids is 1. The third kappa shape index (κ3) is 2.89. The molecule has 6 nitrogen and oxygen atoms in total. The van der Waals surface area contributed by atoms with Crippen LogP contribution in [0.3, 0.4) is 0 Å². The second-order valence-electron chi connectivity index (χ2n) is 3.52. The summed E-state index contributed by atoms with van der Waals surface area (Å²) in [6.07, 6.45) is 1.21. The van der Waals surface area contributed by atoms with Crippen LogP contribution in [0.1, 0.15) is 10.4 Å². The van der Waals surface area contributed by atoms with Crippen molar-refractivity contribution in [2.75, 3.05) is 5.32 Å². The van der Waals surface area contributed by atoms with E-state index in [1.54, 1.807) is 0 Å². The van der Waals surface area contributed by atoms with E-state index in [0.717, 1.165) is 18.2 Å². The molecule has 0 radical (unpaired) electrons. The lowest BCUT2D eigenvalue weighted by atomic mass is 10.2. The average molecular weight is 285 g/mol. The molecule has 0 saturated carbocycles. The van der Waals surface area contributed by atoms with Gasteiger partial charge in [0.05, 0.1) is 28.5 Å². The summed E-state index contributed by atoms with van der Waals surface area (Å²) in [5.74, 6) is -1.48. The van der Waals surface area contributed by atoms with E-state index in [-0.39, 0.29) is 16.5 Å². The van der Waals surface area contributed by atoms with Crippen molar-refractivity contribution in [3.8, 4) is 0 Å². The number of nitro benzene ring substituents is 1. The first-order valence-electron chi connectivity index (χ1n) is 4.96. The van der Waals surface area contributed by atoms with Gasteiger partial charge >= 0.3 is 0 Å². The molecule has 2 aromatic rings. The van der Waals surface area contributed by atoms with E-state index in [2.05, 4.69) is 5.32 Å². The second-order valence-corrected chi connectivity index (χ2v) is 3.86. The summed E-state index contributed by atoms with van der Waals surface area (Å²) in [7, 11) is 0. The van der Waals surface area contributed by atoms with Crippen LogP contribution in [0.5, 0.6) is 0 Å². The Morgan fingerprint density at radius 1 is 1.42 bits per heavy atom. The van der Waals surface area contributed by atoms with Crippen LogP contribution in [0.25, 0.3) is 0 Å². The second kappa shape index (κ2) is 5.07. The minimum Gasteiger partial charge on any atom is -0.452 e. The molecule has 0 saturated heterocycles. The number of furan rings is 1. The first kappa shape index (κ1) is 13.0. The minimum absolute atomic E-state index is 0.0473. The molecule has 0 atom stereocenters. The summed E-state index contributed by atoms with van der Waals surface area (Å²) in [6.45, 7) is 0. The lowest BCUT2D eigenvalue weighted by molar-refractivity contribution is -0.385. The van der Waals surface area contributed by atoms with Gasteiger partial charge in [0.1, 0.15) is 5.82 Å². The van der Waals surface area contributed by atoms with Gasteiger partial charge in [-0.25, -0.2) is 4.39 Å². The van der Waals surface area contributed by atoms with Crippen LogP contribution < -0.4 is 5.32 Å². The van der Waals surface area contributed by atoms with Crippen molar-refractivity contribution in [2.45, 2.75) is 0 Å². The Morgan fingerprint density at radius 2 is 2.16 bits per heavy atom.